The Labute approximate surface area is 163 Å². The largest absolute Gasteiger partial charge is 0.340 e. The first-order chi connectivity index (χ1) is 13.7. The Bertz CT molecular complexity index is 1040. The van der Waals surface area contributed by atoms with Crippen LogP contribution in [-0.4, -0.2) is 33.9 Å². The van der Waals surface area contributed by atoms with Gasteiger partial charge < -0.3 is 10.2 Å². The first-order valence-electron chi connectivity index (χ1n) is 9.24. The number of likely N-dealkylation sites (tertiary alicyclic amines) is 1. The van der Waals surface area contributed by atoms with Crippen molar-refractivity contribution in [2.24, 2.45) is 0 Å². The highest BCUT2D eigenvalue weighted by atomic mass is 16.2. The highest BCUT2D eigenvalue weighted by molar-refractivity contribution is 5.93. The highest BCUT2D eigenvalue weighted by Crippen LogP contribution is 2.23. The number of amides is 1. The van der Waals surface area contributed by atoms with E-state index in [1.807, 2.05) is 41.3 Å². The average Bonchev–Trinajstić information content (AvgIpc) is 3.28. The van der Waals surface area contributed by atoms with Crippen LogP contribution in [0.3, 0.4) is 0 Å². The van der Waals surface area contributed by atoms with Crippen molar-refractivity contribution in [3.8, 4) is 17.5 Å². The Morgan fingerprint density at radius 2 is 1.79 bits per heavy atom. The van der Waals surface area contributed by atoms with Crippen molar-refractivity contribution in [1.29, 1.82) is 5.26 Å². The molecule has 2 heterocycles. The fraction of sp³-hybridized carbons (Fsp3) is 0.182. The van der Waals surface area contributed by atoms with Crippen LogP contribution in [0.2, 0.25) is 0 Å². The second-order valence-corrected chi connectivity index (χ2v) is 6.64. The molecule has 3 aromatic rings. The zero-order valence-corrected chi connectivity index (χ0v) is 15.3. The molecule has 1 aromatic heterocycles. The predicted molar refractivity (Wildman–Crippen MR) is 107 cm³/mol. The van der Waals surface area contributed by atoms with E-state index in [-0.39, 0.29) is 5.91 Å². The minimum atomic E-state index is -0.0779. The lowest BCUT2D eigenvalue weighted by Gasteiger charge is -2.16. The molecule has 1 amide bonds. The van der Waals surface area contributed by atoms with E-state index in [1.54, 1.807) is 24.3 Å². The molecule has 1 N–H and O–H groups in total. The molecular weight excluding hydrogens is 350 g/mol. The van der Waals surface area contributed by atoms with Gasteiger partial charge in [-0.1, -0.05) is 36.4 Å². The van der Waals surface area contributed by atoms with Gasteiger partial charge in [0.05, 0.1) is 11.6 Å². The van der Waals surface area contributed by atoms with Crippen LogP contribution in [-0.2, 0) is 0 Å². The second-order valence-electron chi connectivity index (χ2n) is 6.64. The van der Waals surface area contributed by atoms with Crippen molar-refractivity contribution < 1.29 is 4.79 Å². The van der Waals surface area contributed by atoms with Gasteiger partial charge in [-0.15, -0.1) is 0 Å². The summed E-state index contributed by atoms with van der Waals surface area (Å²) in [6.07, 6.45) is 2.04. The fourth-order valence-corrected chi connectivity index (χ4v) is 3.23. The number of carbonyl (C=O) groups is 1. The molecule has 1 aliphatic rings. The molecule has 0 aliphatic carbocycles. The lowest BCUT2D eigenvalue weighted by Crippen LogP contribution is -2.28. The van der Waals surface area contributed by atoms with Crippen LogP contribution in [0.1, 0.15) is 28.9 Å². The highest BCUT2D eigenvalue weighted by Gasteiger charge is 2.22. The maximum atomic E-state index is 12.9. The lowest BCUT2D eigenvalue weighted by molar-refractivity contribution is 0.0787. The molecule has 0 spiro atoms. The number of aromatic nitrogens is 2. The summed E-state index contributed by atoms with van der Waals surface area (Å²) in [5.74, 6) is 0.932. The van der Waals surface area contributed by atoms with Crippen molar-refractivity contribution >= 4 is 17.4 Å². The normalized spacial score (nSPS) is 13.2. The van der Waals surface area contributed by atoms with Crippen LogP contribution in [0.4, 0.5) is 11.5 Å². The maximum absolute atomic E-state index is 12.9. The number of benzene rings is 2. The van der Waals surface area contributed by atoms with Gasteiger partial charge in [-0.3, -0.25) is 4.79 Å². The number of nitriles is 1. The number of rotatable bonds is 4. The Morgan fingerprint density at radius 1 is 1.00 bits per heavy atom. The molecule has 0 unspecified atom stereocenters. The quantitative estimate of drug-likeness (QED) is 0.752. The summed E-state index contributed by atoms with van der Waals surface area (Å²) in [6.45, 7) is 1.52. The van der Waals surface area contributed by atoms with Crippen LogP contribution in [0.15, 0.2) is 60.7 Å². The van der Waals surface area contributed by atoms with Crippen molar-refractivity contribution in [1.82, 2.24) is 14.9 Å². The lowest BCUT2D eigenvalue weighted by atomic mass is 10.2. The summed E-state index contributed by atoms with van der Waals surface area (Å²) >= 11 is 0. The smallest absolute Gasteiger partial charge is 0.272 e. The first-order valence-corrected chi connectivity index (χ1v) is 9.24. The van der Waals surface area contributed by atoms with E-state index < -0.39 is 0 Å². The Hall–Kier alpha value is -3.72. The molecule has 1 saturated heterocycles. The molecule has 6 nitrogen and oxygen atoms in total. The fourth-order valence-electron chi connectivity index (χ4n) is 3.23. The molecule has 138 valence electrons. The van der Waals surface area contributed by atoms with E-state index in [0.29, 0.717) is 22.9 Å². The molecule has 6 heteroatoms. The molecule has 28 heavy (non-hydrogen) atoms. The van der Waals surface area contributed by atoms with Crippen LogP contribution < -0.4 is 5.32 Å². The Kier molecular flexibility index (Phi) is 4.98. The summed E-state index contributed by atoms with van der Waals surface area (Å²) in [5.41, 5.74) is 2.49. The second kappa shape index (κ2) is 7.89. The van der Waals surface area contributed by atoms with Crippen LogP contribution >= 0.6 is 0 Å². The van der Waals surface area contributed by atoms with Crippen molar-refractivity contribution in [3.63, 3.8) is 0 Å². The van der Waals surface area contributed by atoms with Gasteiger partial charge in [0.2, 0.25) is 0 Å². The predicted octanol–water partition coefficient (Wildman–Crippen LogP) is 3.99. The van der Waals surface area contributed by atoms with Gasteiger partial charge in [-0.2, -0.15) is 5.26 Å². The van der Waals surface area contributed by atoms with E-state index in [0.717, 1.165) is 37.2 Å². The third kappa shape index (κ3) is 3.84. The molecular formula is C22H19N5O. The molecule has 0 saturated carbocycles. The van der Waals surface area contributed by atoms with E-state index in [4.69, 9.17) is 5.26 Å². The van der Waals surface area contributed by atoms with Gasteiger partial charge in [0, 0.05) is 30.4 Å². The van der Waals surface area contributed by atoms with Crippen LogP contribution in [0.25, 0.3) is 11.4 Å². The summed E-state index contributed by atoms with van der Waals surface area (Å²) in [6, 6.07) is 20.5. The Balaban J connectivity index is 1.73. The number of hydrogen-bond acceptors (Lipinski definition) is 5. The first kappa shape index (κ1) is 17.7. The third-order valence-corrected chi connectivity index (χ3v) is 4.63. The molecule has 2 aromatic carbocycles. The molecule has 1 aliphatic heterocycles. The SMILES string of the molecule is N#Cc1cccc(Nc2cc(C(=O)N3CCCC3)nc(-c3ccccc3)n2)c1. The molecule has 0 bridgehead atoms. The molecule has 0 radical (unpaired) electrons. The van der Waals surface area contributed by atoms with E-state index in [1.165, 1.54) is 0 Å². The van der Waals surface area contributed by atoms with Crippen LogP contribution in [0, 0.1) is 11.3 Å². The summed E-state index contributed by atoms with van der Waals surface area (Å²) in [5, 5.41) is 12.3. The monoisotopic (exact) mass is 369 g/mol. The van der Waals surface area contributed by atoms with Gasteiger partial charge >= 0.3 is 0 Å². The van der Waals surface area contributed by atoms with E-state index in [2.05, 4.69) is 21.4 Å². The number of nitrogens with zero attached hydrogens (tertiary/aromatic N) is 4. The minimum absolute atomic E-state index is 0.0779. The number of hydrogen-bond donors (Lipinski definition) is 1. The van der Waals surface area contributed by atoms with E-state index >= 15 is 0 Å². The summed E-state index contributed by atoms with van der Waals surface area (Å²) in [7, 11) is 0. The minimum Gasteiger partial charge on any atom is -0.340 e. The van der Waals surface area contributed by atoms with E-state index in [9.17, 15) is 4.79 Å². The van der Waals surface area contributed by atoms with Crippen molar-refractivity contribution in [2.75, 3.05) is 18.4 Å². The molecule has 4 rings (SSSR count). The maximum Gasteiger partial charge on any atom is 0.272 e. The standard InChI is InChI=1S/C22H19N5O/c23-15-16-7-6-10-18(13-16)24-20-14-19(22(28)27-11-4-5-12-27)25-21(26-20)17-8-2-1-3-9-17/h1-3,6-10,13-14H,4-5,11-12H2,(H,24,25,26). The summed E-state index contributed by atoms with van der Waals surface area (Å²) < 4.78 is 0. The molecule has 0 atom stereocenters. The third-order valence-electron chi connectivity index (χ3n) is 4.63. The Morgan fingerprint density at radius 3 is 2.54 bits per heavy atom. The van der Waals surface area contributed by atoms with Gasteiger partial charge in [-0.05, 0) is 31.0 Å². The van der Waals surface area contributed by atoms with Gasteiger partial charge in [0.15, 0.2) is 5.82 Å². The number of anilines is 2. The zero-order chi connectivity index (χ0) is 19.3. The van der Waals surface area contributed by atoms with Gasteiger partial charge in [-0.25, -0.2) is 9.97 Å². The van der Waals surface area contributed by atoms with Crippen molar-refractivity contribution in [2.45, 2.75) is 12.8 Å². The van der Waals surface area contributed by atoms with Gasteiger partial charge in [0.25, 0.3) is 5.91 Å². The van der Waals surface area contributed by atoms with Gasteiger partial charge in [0.1, 0.15) is 11.5 Å². The zero-order valence-electron chi connectivity index (χ0n) is 15.3. The summed E-state index contributed by atoms with van der Waals surface area (Å²) in [4.78, 5) is 23.8. The average molecular weight is 369 g/mol. The molecule has 1 fully saturated rings. The topological polar surface area (TPSA) is 81.9 Å². The van der Waals surface area contributed by atoms with Crippen molar-refractivity contribution in [3.05, 3.63) is 71.9 Å². The number of nitrogens with one attached hydrogen (secondary N) is 1. The van der Waals surface area contributed by atoms with Crippen LogP contribution in [0.5, 0.6) is 0 Å². The number of carbonyl (C=O) groups excluding carboxylic acids is 1.